The van der Waals surface area contributed by atoms with Gasteiger partial charge in [0.25, 0.3) is 0 Å². The van der Waals surface area contributed by atoms with Gasteiger partial charge < -0.3 is 24.8 Å². The molecule has 0 aliphatic rings. The van der Waals surface area contributed by atoms with E-state index in [-0.39, 0.29) is 0 Å². The molecule has 2 N–H and O–H groups in total. The zero-order valence-electron chi connectivity index (χ0n) is 20.5. The number of hydrogen-bond donors (Lipinski definition) is 2. The molecule has 0 amide bonds. The van der Waals surface area contributed by atoms with Crippen molar-refractivity contribution in [2.45, 2.75) is 19.9 Å². The van der Waals surface area contributed by atoms with E-state index in [1.165, 1.54) is 11.1 Å². The van der Waals surface area contributed by atoms with Crippen molar-refractivity contribution in [3.63, 3.8) is 0 Å². The molecule has 0 atom stereocenters. The summed E-state index contributed by atoms with van der Waals surface area (Å²) < 4.78 is 17.5. The molecule has 0 fully saturated rings. The summed E-state index contributed by atoms with van der Waals surface area (Å²) in [4.78, 5) is 0. The highest BCUT2D eigenvalue weighted by Gasteiger charge is 2.14. The largest absolute Gasteiger partial charge is 0.496 e. The Hall–Kier alpha value is -3.96. The molecule has 35 heavy (non-hydrogen) atoms. The number of rotatable bonds is 11. The summed E-state index contributed by atoms with van der Waals surface area (Å²) in [6.07, 6.45) is 0.958. The summed E-state index contributed by atoms with van der Waals surface area (Å²) in [5, 5.41) is 6.89. The summed E-state index contributed by atoms with van der Waals surface area (Å²) in [5.74, 6) is 2.82. The van der Waals surface area contributed by atoms with Crippen LogP contribution in [0.5, 0.6) is 23.0 Å². The molecule has 0 saturated carbocycles. The lowest BCUT2D eigenvalue weighted by Gasteiger charge is -2.17. The first-order valence-corrected chi connectivity index (χ1v) is 11.8. The number of ether oxygens (including phenoxy) is 3. The predicted octanol–water partition coefficient (Wildman–Crippen LogP) is 6.88. The van der Waals surface area contributed by atoms with Gasteiger partial charge in [0.05, 0.1) is 19.8 Å². The Bertz CT molecular complexity index is 1200. The Balaban J connectivity index is 1.43. The first kappa shape index (κ1) is 24.2. The maximum Gasteiger partial charge on any atom is 0.134 e. The molecule has 4 aromatic carbocycles. The van der Waals surface area contributed by atoms with Gasteiger partial charge in [-0.2, -0.15) is 0 Å². The van der Waals surface area contributed by atoms with E-state index in [0.29, 0.717) is 12.3 Å². The molecule has 0 radical (unpaired) electrons. The molecule has 0 heterocycles. The third-order valence-corrected chi connectivity index (χ3v) is 5.73. The molecule has 0 bridgehead atoms. The number of para-hydroxylation sites is 1. The molecular weight excluding hydrogens is 436 g/mol. The van der Waals surface area contributed by atoms with Crippen molar-refractivity contribution >= 4 is 11.4 Å². The van der Waals surface area contributed by atoms with E-state index in [1.807, 2.05) is 66.7 Å². The Morgan fingerprint density at radius 2 is 1.37 bits per heavy atom. The molecule has 0 saturated heterocycles. The highest BCUT2D eigenvalue weighted by atomic mass is 16.5. The smallest absolute Gasteiger partial charge is 0.134 e. The molecule has 0 unspecified atom stereocenters. The molecule has 0 aliphatic heterocycles. The Kier molecular flexibility index (Phi) is 8.25. The topological polar surface area (TPSA) is 51.8 Å². The minimum atomic E-state index is 0.634. The molecule has 4 aromatic rings. The third kappa shape index (κ3) is 6.78. The van der Waals surface area contributed by atoms with Crippen LogP contribution in [-0.4, -0.2) is 20.8 Å². The Morgan fingerprint density at radius 1 is 0.686 bits per heavy atom. The lowest BCUT2D eigenvalue weighted by molar-refractivity contribution is 0.375. The van der Waals surface area contributed by atoms with E-state index in [4.69, 9.17) is 14.2 Å². The van der Waals surface area contributed by atoms with Crippen LogP contribution in [0.15, 0.2) is 91.0 Å². The van der Waals surface area contributed by atoms with Crippen molar-refractivity contribution < 1.29 is 14.2 Å². The first-order chi connectivity index (χ1) is 17.1. The highest BCUT2D eigenvalue weighted by Crippen LogP contribution is 2.36. The summed E-state index contributed by atoms with van der Waals surface area (Å²) in [5.41, 5.74) is 5.52. The lowest BCUT2D eigenvalue weighted by Crippen LogP contribution is -2.17. The van der Waals surface area contributed by atoms with Crippen molar-refractivity contribution in [3.05, 3.63) is 108 Å². The van der Waals surface area contributed by atoms with Gasteiger partial charge in [0.1, 0.15) is 23.0 Å². The van der Waals surface area contributed by atoms with Gasteiger partial charge in [-0.3, -0.25) is 0 Å². The summed E-state index contributed by atoms with van der Waals surface area (Å²) in [7, 11) is 3.33. The number of anilines is 2. The molecule has 5 heteroatoms. The van der Waals surface area contributed by atoms with Crippen LogP contribution in [0.3, 0.4) is 0 Å². The van der Waals surface area contributed by atoms with E-state index >= 15 is 0 Å². The quantitative estimate of drug-likeness (QED) is 0.235. The fraction of sp³-hybridized carbons (Fsp3) is 0.200. The summed E-state index contributed by atoms with van der Waals surface area (Å²) in [6.45, 7) is 3.59. The van der Waals surface area contributed by atoms with Crippen molar-refractivity contribution in [3.8, 4) is 23.0 Å². The highest BCUT2D eigenvalue weighted by molar-refractivity contribution is 5.61. The number of aryl methyl sites for hydroxylation is 1. The van der Waals surface area contributed by atoms with Crippen molar-refractivity contribution in [2.24, 2.45) is 0 Å². The van der Waals surface area contributed by atoms with E-state index < -0.39 is 0 Å². The van der Waals surface area contributed by atoms with Gasteiger partial charge in [-0.25, -0.2) is 0 Å². The fourth-order valence-corrected chi connectivity index (χ4v) is 3.86. The monoisotopic (exact) mass is 468 g/mol. The second-order valence-electron chi connectivity index (χ2n) is 8.34. The van der Waals surface area contributed by atoms with E-state index in [0.717, 1.165) is 47.2 Å². The number of methoxy groups -OCH3 is 2. The van der Waals surface area contributed by atoms with E-state index in [2.05, 4.69) is 41.8 Å². The van der Waals surface area contributed by atoms with Crippen LogP contribution in [0.2, 0.25) is 0 Å². The van der Waals surface area contributed by atoms with Gasteiger partial charge in [-0.05, 0) is 49.7 Å². The fourth-order valence-electron chi connectivity index (χ4n) is 3.86. The average molecular weight is 469 g/mol. The average Bonchev–Trinajstić information content (AvgIpc) is 2.88. The zero-order valence-corrected chi connectivity index (χ0v) is 20.5. The van der Waals surface area contributed by atoms with Gasteiger partial charge >= 0.3 is 0 Å². The maximum atomic E-state index is 6.17. The zero-order chi connectivity index (χ0) is 24.5. The number of benzene rings is 4. The lowest BCUT2D eigenvalue weighted by atomic mass is 10.1. The second kappa shape index (κ2) is 12.0. The van der Waals surface area contributed by atoms with Crippen LogP contribution >= 0.6 is 0 Å². The van der Waals surface area contributed by atoms with E-state index in [1.54, 1.807) is 14.2 Å². The number of nitrogens with one attached hydrogen (secondary N) is 2. The van der Waals surface area contributed by atoms with Crippen molar-refractivity contribution in [1.29, 1.82) is 0 Å². The predicted molar refractivity (Wildman–Crippen MR) is 142 cm³/mol. The number of hydrogen-bond acceptors (Lipinski definition) is 5. The van der Waals surface area contributed by atoms with Crippen LogP contribution in [0.4, 0.5) is 11.4 Å². The van der Waals surface area contributed by atoms with Gasteiger partial charge in [0.15, 0.2) is 0 Å². The minimum Gasteiger partial charge on any atom is -0.496 e. The molecule has 0 aliphatic carbocycles. The molecule has 180 valence electrons. The maximum absolute atomic E-state index is 6.17. The van der Waals surface area contributed by atoms with Crippen LogP contribution in [0.1, 0.15) is 16.7 Å². The van der Waals surface area contributed by atoms with Gasteiger partial charge in [0.2, 0.25) is 0 Å². The standard InChI is InChI=1S/C30H32N2O3/c1-22-12-14-23(15-13-22)16-17-31-21-28-29(33-2)19-27(20-30(28)34-3)35-26-11-7-10-25(18-26)32-24-8-5-4-6-9-24/h4-15,18-20,31-32H,16-17,21H2,1-3H3. The normalized spacial score (nSPS) is 10.6. The molecule has 4 rings (SSSR count). The Morgan fingerprint density at radius 3 is 2.06 bits per heavy atom. The van der Waals surface area contributed by atoms with Crippen LogP contribution in [-0.2, 0) is 13.0 Å². The first-order valence-electron chi connectivity index (χ1n) is 11.8. The molecule has 0 aromatic heterocycles. The van der Waals surface area contributed by atoms with Crippen LogP contribution < -0.4 is 24.8 Å². The summed E-state index contributed by atoms with van der Waals surface area (Å²) >= 11 is 0. The van der Waals surface area contributed by atoms with Crippen molar-refractivity contribution in [2.75, 3.05) is 26.1 Å². The van der Waals surface area contributed by atoms with Gasteiger partial charge in [-0.1, -0.05) is 54.1 Å². The molecular formula is C30H32N2O3. The Labute approximate surface area is 207 Å². The molecule has 5 nitrogen and oxygen atoms in total. The minimum absolute atomic E-state index is 0.634. The van der Waals surface area contributed by atoms with Crippen LogP contribution in [0.25, 0.3) is 0 Å². The summed E-state index contributed by atoms with van der Waals surface area (Å²) in [6, 6.07) is 30.3. The SMILES string of the molecule is COc1cc(Oc2cccc(Nc3ccccc3)c2)cc(OC)c1CNCCc1ccc(C)cc1. The van der Waals surface area contributed by atoms with Crippen molar-refractivity contribution in [1.82, 2.24) is 5.32 Å². The second-order valence-corrected chi connectivity index (χ2v) is 8.34. The van der Waals surface area contributed by atoms with Gasteiger partial charge in [-0.15, -0.1) is 0 Å². The van der Waals surface area contributed by atoms with Crippen LogP contribution in [0, 0.1) is 6.92 Å². The third-order valence-electron chi connectivity index (χ3n) is 5.73. The van der Waals surface area contributed by atoms with Gasteiger partial charge in [0, 0.05) is 36.1 Å². The van der Waals surface area contributed by atoms with E-state index in [9.17, 15) is 0 Å². The molecule has 0 spiro atoms.